The zero-order valence-corrected chi connectivity index (χ0v) is 17.2. The molecule has 1 aliphatic heterocycles. The Morgan fingerprint density at radius 1 is 1.33 bits per heavy atom. The fraction of sp³-hybridized carbons (Fsp3) is 0.316. The largest absolute Gasteiger partial charge is 0.424 e. The van der Waals surface area contributed by atoms with Gasteiger partial charge >= 0.3 is 12.3 Å². The second kappa shape index (κ2) is 8.17. The molecule has 3 rings (SSSR count). The molecular formula is C19H17F4N7O3. The number of halogens is 4. The van der Waals surface area contributed by atoms with Gasteiger partial charge in [0.2, 0.25) is 11.5 Å². The van der Waals surface area contributed by atoms with Gasteiger partial charge in [0, 0.05) is 6.20 Å². The van der Waals surface area contributed by atoms with Crippen molar-refractivity contribution in [3.8, 4) is 11.9 Å². The smallest absolute Gasteiger partial charge is 0.394 e. The fourth-order valence-corrected chi connectivity index (χ4v) is 2.83. The number of nitrogens with zero attached hydrogens (tertiary/aromatic N) is 4. The van der Waals surface area contributed by atoms with E-state index in [0.29, 0.717) is 6.92 Å². The van der Waals surface area contributed by atoms with E-state index >= 15 is 0 Å². The third kappa shape index (κ3) is 4.48. The number of hydrogen-bond donors (Lipinski definition) is 3. The Balaban J connectivity index is 1.84. The Bertz CT molecular complexity index is 1180. The molecule has 1 aliphatic rings. The molecule has 0 fully saturated rings. The molecule has 1 amide bonds. The first kappa shape index (κ1) is 23.7. The van der Waals surface area contributed by atoms with Crippen LogP contribution in [-0.2, 0) is 10.3 Å². The number of pyridine rings is 2. The SMILES string of the molecule is C[C@@]1(c2nc(NC(=O)Oc3ncc(C#N)cc3N)ccc2F)CO[C@@](C)(C(F)(F)F)C(N)=N1. The summed E-state index contributed by atoms with van der Waals surface area (Å²) in [6.45, 7) is 1.31. The van der Waals surface area contributed by atoms with Crippen LogP contribution in [0, 0.1) is 17.1 Å². The molecule has 2 aromatic rings. The van der Waals surface area contributed by atoms with Gasteiger partial charge in [-0.1, -0.05) is 0 Å². The molecule has 0 aromatic carbocycles. The quantitative estimate of drug-likeness (QED) is 0.580. The number of hydrogen-bond acceptors (Lipinski definition) is 9. The van der Waals surface area contributed by atoms with E-state index in [1.165, 1.54) is 13.0 Å². The van der Waals surface area contributed by atoms with Crippen molar-refractivity contribution in [1.29, 1.82) is 5.26 Å². The van der Waals surface area contributed by atoms with Crippen LogP contribution >= 0.6 is 0 Å². The number of amides is 1. The van der Waals surface area contributed by atoms with E-state index in [-0.39, 0.29) is 22.9 Å². The Kier molecular flexibility index (Phi) is 5.86. The van der Waals surface area contributed by atoms with E-state index in [1.54, 1.807) is 0 Å². The Morgan fingerprint density at radius 3 is 2.61 bits per heavy atom. The van der Waals surface area contributed by atoms with E-state index in [1.807, 2.05) is 6.07 Å². The average molecular weight is 467 g/mol. The van der Waals surface area contributed by atoms with Crippen molar-refractivity contribution < 1.29 is 31.8 Å². The highest BCUT2D eigenvalue weighted by atomic mass is 19.4. The summed E-state index contributed by atoms with van der Waals surface area (Å²) in [4.78, 5) is 23.7. The van der Waals surface area contributed by atoms with Crippen LogP contribution in [0.2, 0.25) is 0 Å². The average Bonchev–Trinajstić information content (AvgIpc) is 2.73. The summed E-state index contributed by atoms with van der Waals surface area (Å²) in [6, 6.07) is 5.08. The third-order valence-corrected chi connectivity index (χ3v) is 4.82. The summed E-state index contributed by atoms with van der Waals surface area (Å²) in [5, 5.41) is 11.0. The molecule has 0 bridgehead atoms. The van der Waals surface area contributed by atoms with Crippen LogP contribution < -0.4 is 21.5 Å². The van der Waals surface area contributed by atoms with Crippen molar-refractivity contribution >= 4 is 23.4 Å². The molecule has 0 spiro atoms. The summed E-state index contributed by atoms with van der Waals surface area (Å²) in [5.41, 5.74) is 6.29. The first-order valence-corrected chi connectivity index (χ1v) is 9.17. The highest BCUT2D eigenvalue weighted by molar-refractivity contribution is 5.90. The molecule has 2 atom stereocenters. The first-order valence-electron chi connectivity index (χ1n) is 9.17. The molecule has 14 heteroatoms. The lowest BCUT2D eigenvalue weighted by atomic mass is 9.93. The topological polar surface area (TPSA) is 162 Å². The van der Waals surface area contributed by atoms with E-state index in [0.717, 1.165) is 18.3 Å². The van der Waals surface area contributed by atoms with Crippen LogP contribution in [0.25, 0.3) is 0 Å². The number of nitriles is 1. The Hall–Kier alpha value is -3.99. The molecule has 10 nitrogen and oxygen atoms in total. The number of aliphatic imine (C=N–C) groups is 1. The van der Waals surface area contributed by atoms with Crippen molar-refractivity contribution in [2.45, 2.75) is 31.2 Å². The van der Waals surface area contributed by atoms with Gasteiger partial charge in [0.05, 0.1) is 17.9 Å². The number of aromatic nitrogens is 2. The number of ether oxygens (including phenoxy) is 2. The maximum atomic E-state index is 14.5. The molecule has 33 heavy (non-hydrogen) atoms. The molecule has 0 radical (unpaired) electrons. The number of anilines is 2. The third-order valence-electron chi connectivity index (χ3n) is 4.82. The molecule has 3 heterocycles. The zero-order chi connectivity index (χ0) is 24.6. The predicted molar refractivity (Wildman–Crippen MR) is 107 cm³/mol. The monoisotopic (exact) mass is 467 g/mol. The minimum Gasteiger partial charge on any atom is -0.394 e. The minimum absolute atomic E-state index is 0.0821. The van der Waals surface area contributed by atoms with Gasteiger partial charge in [-0.2, -0.15) is 18.4 Å². The van der Waals surface area contributed by atoms with Crippen LogP contribution in [0.4, 0.5) is 33.9 Å². The maximum Gasteiger partial charge on any atom is 0.424 e. The van der Waals surface area contributed by atoms with E-state index < -0.39 is 47.4 Å². The van der Waals surface area contributed by atoms with E-state index in [4.69, 9.17) is 26.2 Å². The first-order chi connectivity index (χ1) is 15.3. The number of carbonyl (C=O) groups is 1. The molecule has 0 saturated heterocycles. The van der Waals surface area contributed by atoms with Crippen molar-refractivity contribution in [2.75, 3.05) is 17.7 Å². The van der Waals surface area contributed by atoms with Crippen LogP contribution in [0.3, 0.4) is 0 Å². The summed E-state index contributed by atoms with van der Waals surface area (Å²) >= 11 is 0. The van der Waals surface area contributed by atoms with Gasteiger partial charge in [0.15, 0.2) is 0 Å². The van der Waals surface area contributed by atoms with Crippen LogP contribution in [0.5, 0.6) is 5.88 Å². The molecule has 174 valence electrons. The Morgan fingerprint density at radius 2 is 2.03 bits per heavy atom. The summed E-state index contributed by atoms with van der Waals surface area (Å²) < 4.78 is 64.3. The zero-order valence-electron chi connectivity index (χ0n) is 17.2. The van der Waals surface area contributed by atoms with E-state index in [2.05, 4.69) is 20.3 Å². The van der Waals surface area contributed by atoms with E-state index in [9.17, 15) is 22.4 Å². The van der Waals surface area contributed by atoms with Crippen molar-refractivity contribution in [2.24, 2.45) is 10.7 Å². The standard InChI is InChI=1S/C19H17F4N7O3/c1-17(8-32-18(2,15(26)30-17)19(21,22)23)13-10(20)3-4-12(28-13)29-16(31)33-14-11(25)5-9(6-24)7-27-14/h3-5,7H,8,25H2,1-2H3,(H2,26,30)(H,28,29,31)/t17-,18+/m0/s1. The Labute approximate surface area is 184 Å². The highest BCUT2D eigenvalue weighted by Crippen LogP contribution is 2.41. The predicted octanol–water partition coefficient (Wildman–Crippen LogP) is 2.60. The number of nitrogens with two attached hydrogens (primary N) is 2. The molecule has 0 saturated carbocycles. The number of nitrogen functional groups attached to an aromatic ring is 1. The fourth-order valence-electron chi connectivity index (χ4n) is 2.83. The number of amidine groups is 1. The second-order valence-corrected chi connectivity index (χ2v) is 7.36. The lowest BCUT2D eigenvalue weighted by Gasteiger charge is -2.40. The van der Waals surface area contributed by atoms with Crippen LogP contribution in [0.15, 0.2) is 29.4 Å². The van der Waals surface area contributed by atoms with Crippen molar-refractivity contribution in [1.82, 2.24) is 9.97 Å². The van der Waals surface area contributed by atoms with Gasteiger partial charge in [-0.3, -0.25) is 10.3 Å². The van der Waals surface area contributed by atoms with Crippen molar-refractivity contribution in [3.05, 3.63) is 41.5 Å². The molecular weight excluding hydrogens is 450 g/mol. The number of carbonyl (C=O) groups excluding carboxylic acids is 1. The lowest BCUT2D eigenvalue weighted by Crippen LogP contribution is -2.60. The van der Waals surface area contributed by atoms with Gasteiger partial charge < -0.3 is 20.9 Å². The van der Waals surface area contributed by atoms with Gasteiger partial charge in [-0.05, 0) is 32.0 Å². The van der Waals surface area contributed by atoms with Gasteiger partial charge in [-0.15, -0.1) is 0 Å². The second-order valence-electron chi connectivity index (χ2n) is 7.36. The molecule has 0 aliphatic carbocycles. The van der Waals surface area contributed by atoms with Gasteiger partial charge in [0.25, 0.3) is 0 Å². The summed E-state index contributed by atoms with van der Waals surface area (Å²) in [6.07, 6.45) is -4.81. The minimum atomic E-state index is -4.84. The highest BCUT2D eigenvalue weighted by Gasteiger charge is 2.59. The summed E-state index contributed by atoms with van der Waals surface area (Å²) in [5.74, 6) is -2.30. The van der Waals surface area contributed by atoms with Crippen LogP contribution in [0.1, 0.15) is 25.1 Å². The van der Waals surface area contributed by atoms with Crippen LogP contribution in [-0.4, -0.2) is 40.3 Å². The molecule has 5 N–H and O–H groups in total. The molecule has 2 aromatic heterocycles. The lowest BCUT2D eigenvalue weighted by molar-refractivity contribution is -0.249. The molecule has 0 unspecified atom stereocenters. The van der Waals surface area contributed by atoms with Gasteiger partial charge in [0.1, 0.15) is 34.8 Å². The van der Waals surface area contributed by atoms with Gasteiger partial charge in [-0.25, -0.2) is 19.2 Å². The normalized spacial score (nSPS) is 22.8. The number of nitrogens with one attached hydrogen (secondary N) is 1. The maximum absolute atomic E-state index is 14.5. The number of alkyl halides is 3. The number of rotatable bonds is 3. The summed E-state index contributed by atoms with van der Waals surface area (Å²) in [7, 11) is 0. The van der Waals surface area contributed by atoms with Crippen molar-refractivity contribution in [3.63, 3.8) is 0 Å².